The summed E-state index contributed by atoms with van der Waals surface area (Å²) in [4.78, 5) is 16.7. The number of hydrogen-bond acceptors (Lipinski definition) is 5. The smallest absolute Gasteiger partial charge is 0.431 e. The van der Waals surface area contributed by atoms with Crippen LogP contribution in [-0.4, -0.2) is 32.8 Å². The fraction of sp³-hybridized carbons (Fsp3) is 0.562. The molecular weight excluding hydrogens is 332 g/mol. The summed E-state index contributed by atoms with van der Waals surface area (Å²) < 4.78 is 32.0. The van der Waals surface area contributed by atoms with Crippen molar-refractivity contribution in [1.29, 1.82) is 0 Å². The number of carbonyl (C=O) groups is 1. The topological polar surface area (TPSA) is 93.7 Å². The molecule has 0 aromatic heterocycles. The van der Waals surface area contributed by atoms with Crippen molar-refractivity contribution in [2.24, 2.45) is 0 Å². The van der Waals surface area contributed by atoms with Crippen LogP contribution >= 0.6 is 0 Å². The summed E-state index contributed by atoms with van der Waals surface area (Å²) in [6.07, 6.45) is 1.59. The summed E-state index contributed by atoms with van der Waals surface area (Å²) >= 11 is 0. The molecule has 0 aliphatic heterocycles. The highest BCUT2D eigenvalue weighted by Gasteiger charge is 2.27. The van der Waals surface area contributed by atoms with Gasteiger partial charge in [0.2, 0.25) is 10.0 Å². The highest BCUT2D eigenvalue weighted by Crippen LogP contribution is 2.22. The van der Waals surface area contributed by atoms with E-state index in [1.165, 1.54) is 0 Å². The predicted octanol–water partition coefficient (Wildman–Crippen LogP) is 2.13. The van der Waals surface area contributed by atoms with E-state index < -0.39 is 21.7 Å². The molecule has 134 valence electrons. The summed E-state index contributed by atoms with van der Waals surface area (Å²) in [5.41, 5.74) is 2.41. The van der Waals surface area contributed by atoms with Gasteiger partial charge in [0, 0.05) is 6.04 Å². The Morgan fingerprint density at radius 2 is 2.00 bits per heavy atom. The monoisotopic (exact) mass is 356 g/mol. The second-order valence-corrected chi connectivity index (χ2v) is 8.46. The summed E-state index contributed by atoms with van der Waals surface area (Å²) in [5, 5.41) is 0. The molecule has 0 heterocycles. The van der Waals surface area contributed by atoms with E-state index in [2.05, 4.69) is 10.2 Å². The van der Waals surface area contributed by atoms with E-state index in [0.29, 0.717) is 6.42 Å². The first-order chi connectivity index (χ1) is 11.2. The maximum Gasteiger partial charge on any atom is 0.431 e. The lowest BCUT2D eigenvalue weighted by atomic mass is 10.2. The predicted molar refractivity (Wildman–Crippen MR) is 88.8 cm³/mol. The van der Waals surface area contributed by atoms with Crippen LogP contribution in [0.15, 0.2) is 29.2 Å². The molecular formula is C16H24N2O5S. The number of ether oxygens (including phenoxy) is 1. The average Bonchev–Trinajstić information content (AvgIpc) is 3.25. The summed E-state index contributed by atoms with van der Waals surface area (Å²) in [6, 6.07) is 6.75. The standard InChI is InChI=1S/C16H24N2O5S/c1-16(2,3)23-15(19)17-22-10-9-12-5-4-6-14(11-12)24(20,21)18-13-7-8-13/h4-6,11,13,18H,7-10H2,1-3H3,(H,17,19). The minimum atomic E-state index is -3.46. The van der Waals surface area contributed by atoms with Gasteiger partial charge in [-0.3, -0.25) is 4.84 Å². The second kappa shape index (κ2) is 7.50. The van der Waals surface area contributed by atoms with Crippen molar-refractivity contribution in [2.75, 3.05) is 6.61 Å². The largest absolute Gasteiger partial charge is 0.442 e. The van der Waals surface area contributed by atoms with Gasteiger partial charge in [-0.05, 0) is 57.7 Å². The second-order valence-electron chi connectivity index (χ2n) is 6.75. The number of rotatable bonds is 7. The van der Waals surface area contributed by atoms with Crippen molar-refractivity contribution in [3.05, 3.63) is 29.8 Å². The number of hydroxylamine groups is 1. The third kappa shape index (κ3) is 6.46. The van der Waals surface area contributed by atoms with Gasteiger partial charge in [0.25, 0.3) is 0 Å². The van der Waals surface area contributed by atoms with E-state index in [0.717, 1.165) is 18.4 Å². The number of amides is 1. The molecule has 1 aliphatic rings. The zero-order valence-corrected chi connectivity index (χ0v) is 15.0. The van der Waals surface area contributed by atoms with Crippen LogP contribution in [0.5, 0.6) is 0 Å². The normalized spacial score (nSPS) is 15.1. The van der Waals surface area contributed by atoms with Crippen molar-refractivity contribution in [1.82, 2.24) is 10.2 Å². The Morgan fingerprint density at radius 1 is 1.29 bits per heavy atom. The van der Waals surface area contributed by atoms with Gasteiger partial charge in [-0.25, -0.2) is 17.9 Å². The molecule has 2 rings (SSSR count). The SMILES string of the molecule is CC(C)(C)OC(=O)NOCCc1cccc(S(=O)(=O)NC2CC2)c1. The fourth-order valence-corrected chi connectivity index (χ4v) is 3.31. The first-order valence-electron chi connectivity index (χ1n) is 7.88. The highest BCUT2D eigenvalue weighted by atomic mass is 32.2. The lowest BCUT2D eigenvalue weighted by molar-refractivity contribution is -0.00687. The summed E-state index contributed by atoms with van der Waals surface area (Å²) in [5.74, 6) is 0. The molecule has 0 bridgehead atoms. The fourth-order valence-electron chi connectivity index (χ4n) is 1.93. The molecule has 1 aromatic carbocycles. The molecule has 1 aliphatic carbocycles. The Kier molecular flexibility index (Phi) is 5.84. The average molecular weight is 356 g/mol. The van der Waals surface area contributed by atoms with Gasteiger partial charge in [0.15, 0.2) is 0 Å². The number of benzene rings is 1. The van der Waals surface area contributed by atoms with Crippen LogP contribution in [-0.2, 0) is 26.0 Å². The van der Waals surface area contributed by atoms with Crippen LogP contribution in [0.25, 0.3) is 0 Å². The van der Waals surface area contributed by atoms with Crippen molar-refractivity contribution < 1.29 is 22.8 Å². The van der Waals surface area contributed by atoms with Crippen LogP contribution in [0.4, 0.5) is 4.79 Å². The third-order valence-corrected chi connectivity index (χ3v) is 4.67. The zero-order chi connectivity index (χ0) is 17.8. The Morgan fingerprint density at radius 3 is 2.62 bits per heavy atom. The van der Waals surface area contributed by atoms with Gasteiger partial charge >= 0.3 is 6.09 Å². The summed E-state index contributed by atoms with van der Waals surface area (Å²) in [7, 11) is -3.46. The quantitative estimate of drug-likeness (QED) is 0.576. The minimum absolute atomic E-state index is 0.0695. The van der Waals surface area contributed by atoms with Crippen LogP contribution in [0.3, 0.4) is 0 Å². The Balaban J connectivity index is 1.81. The number of nitrogens with one attached hydrogen (secondary N) is 2. The lowest BCUT2D eigenvalue weighted by Crippen LogP contribution is -2.33. The molecule has 1 amide bonds. The van der Waals surface area contributed by atoms with Crippen LogP contribution < -0.4 is 10.2 Å². The lowest BCUT2D eigenvalue weighted by Gasteiger charge is -2.19. The number of sulfonamides is 1. The molecule has 0 atom stereocenters. The van der Waals surface area contributed by atoms with E-state index >= 15 is 0 Å². The van der Waals surface area contributed by atoms with E-state index in [9.17, 15) is 13.2 Å². The minimum Gasteiger partial charge on any atom is -0.442 e. The van der Waals surface area contributed by atoms with Gasteiger partial charge in [0.1, 0.15) is 5.60 Å². The van der Waals surface area contributed by atoms with Crippen molar-refractivity contribution in [2.45, 2.75) is 56.6 Å². The molecule has 1 aromatic rings. The molecule has 0 radical (unpaired) electrons. The van der Waals surface area contributed by atoms with Gasteiger partial charge in [-0.15, -0.1) is 0 Å². The van der Waals surface area contributed by atoms with E-state index in [-0.39, 0.29) is 17.5 Å². The molecule has 0 spiro atoms. The van der Waals surface area contributed by atoms with Crippen LogP contribution in [0.2, 0.25) is 0 Å². The van der Waals surface area contributed by atoms with Gasteiger partial charge in [-0.2, -0.15) is 5.48 Å². The molecule has 24 heavy (non-hydrogen) atoms. The number of carbonyl (C=O) groups excluding carboxylic acids is 1. The van der Waals surface area contributed by atoms with Crippen molar-refractivity contribution >= 4 is 16.1 Å². The number of hydrogen-bond donors (Lipinski definition) is 2. The first kappa shape index (κ1) is 18.7. The van der Waals surface area contributed by atoms with Gasteiger partial charge in [-0.1, -0.05) is 12.1 Å². The van der Waals surface area contributed by atoms with Crippen molar-refractivity contribution in [3.63, 3.8) is 0 Å². The first-order valence-corrected chi connectivity index (χ1v) is 9.36. The Bertz CT molecular complexity index is 678. The van der Waals surface area contributed by atoms with Gasteiger partial charge in [0.05, 0.1) is 11.5 Å². The third-order valence-electron chi connectivity index (χ3n) is 3.16. The zero-order valence-electron chi connectivity index (χ0n) is 14.2. The molecule has 1 fully saturated rings. The molecule has 8 heteroatoms. The molecule has 0 saturated heterocycles. The Hall–Kier alpha value is -1.64. The molecule has 2 N–H and O–H groups in total. The Labute approximate surface area is 142 Å². The molecule has 0 unspecified atom stereocenters. The van der Waals surface area contributed by atoms with E-state index in [4.69, 9.17) is 9.57 Å². The molecule has 7 nitrogen and oxygen atoms in total. The molecule has 1 saturated carbocycles. The van der Waals surface area contributed by atoms with E-state index in [1.807, 2.05) is 6.07 Å². The van der Waals surface area contributed by atoms with E-state index in [1.54, 1.807) is 39.0 Å². The van der Waals surface area contributed by atoms with Crippen LogP contribution in [0.1, 0.15) is 39.2 Å². The maximum atomic E-state index is 12.2. The van der Waals surface area contributed by atoms with Crippen LogP contribution in [0, 0.1) is 0 Å². The summed E-state index contributed by atoms with van der Waals surface area (Å²) in [6.45, 7) is 5.48. The highest BCUT2D eigenvalue weighted by molar-refractivity contribution is 7.89. The maximum absolute atomic E-state index is 12.2. The van der Waals surface area contributed by atoms with Gasteiger partial charge < -0.3 is 4.74 Å². The van der Waals surface area contributed by atoms with Crippen molar-refractivity contribution in [3.8, 4) is 0 Å².